The minimum Gasteiger partial charge on any atom is -0.392 e. The molecule has 2 unspecified atom stereocenters. The summed E-state index contributed by atoms with van der Waals surface area (Å²) in [6, 6.07) is 8.27. The fourth-order valence-electron chi connectivity index (χ4n) is 3.25. The Bertz CT molecular complexity index is 691. The summed E-state index contributed by atoms with van der Waals surface area (Å²) in [6.45, 7) is 9.60. The van der Waals surface area contributed by atoms with E-state index in [1.807, 2.05) is 25.1 Å². The lowest BCUT2D eigenvalue weighted by atomic mass is 10.1. The number of piperazine rings is 1. The Morgan fingerprint density at radius 1 is 1.28 bits per heavy atom. The summed E-state index contributed by atoms with van der Waals surface area (Å²) in [5.74, 6) is 1.66. The molecule has 0 spiro atoms. The molecule has 2 aromatic rings. The van der Waals surface area contributed by atoms with Gasteiger partial charge in [-0.2, -0.15) is 0 Å². The zero-order valence-electron chi connectivity index (χ0n) is 15.3. The van der Waals surface area contributed by atoms with Gasteiger partial charge in [0, 0.05) is 50.2 Å². The Balaban J connectivity index is 1.83. The van der Waals surface area contributed by atoms with Crippen LogP contribution < -0.4 is 4.90 Å². The first-order chi connectivity index (χ1) is 12.1. The van der Waals surface area contributed by atoms with Crippen molar-refractivity contribution in [1.82, 2.24) is 19.9 Å². The number of aliphatic hydroxyl groups excluding tert-OH is 1. The second-order valence-electron chi connectivity index (χ2n) is 6.75. The lowest BCUT2D eigenvalue weighted by molar-refractivity contribution is 0.0959. The first-order valence-corrected chi connectivity index (χ1v) is 9.03. The van der Waals surface area contributed by atoms with E-state index in [9.17, 15) is 5.11 Å². The van der Waals surface area contributed by atoms with Crippen LogP contribution in [0.3, 0.4) is 0 Å². The van der Waals surface area contributed by atoms with Crippen molar-refractivity contribution < 1.29 is 5.11 Å². The molecular weight excluding hydrogens is 314 g/mol. The maximum atomic E-state index is 9.65. The fraction of sp³-hybridized carbons (Fsp3) is 0.526. The zero-order chi connectivity index (χ0) is 17.8. The summed E-state index contributed by atoms with van der Waals surface area (Å²) in [6.07, 6.45) is 2.34. The van der Waals surface area contributed by atoms with Gasteiger partial charge in [-0.25, -0.2) is 9.97 Å². The van der Waals surface area contributed by atoms with E-state index in [0.717, 1.165) is 49.8 Å². The smallest absolute Gasteiger partial charge is 0.180 e. The number of aryl methyl sites for hydroxylation is 1. The molecule has 2 atom stereocenters. The van der Waals surface area contributed by atoms with Gasteiger partial charge in [0.25, 0.3) is 0 Å². The number of pyridine rings is 1. The normalized spacial score (nSPS) is 19.8. The van der Waals surface area contributed by atoms with E-state index < -0.39 is 0 Å². The number of hydrogen-bond acceptors (Lipinski definition) is 6. The van der Waals surface area contributed by atoms with E-state index in [0.29, 0.717) is 11.9 Å². The van der Waals surface area contributed by atoms with Crippen molar-refractivity contribution in [1.29, 1.82) is 0 Å². The molecule has 3 heterocycles. The maximum absolute atomic E-state index is 9.65. The lowest BCUT2D eigenvalue weighted by Gasteiger charge is -2.41. The Morgan fingerprint density at radius 3 is 2.76 bits per heavy atom. The average molecular weight is 341 g/mol. The number of aromatic nitrogens is 3. The van der Waals surface area contributed by atoms with E-state index in [-0.39, 0.29) is 6.10 Å². The van der Waals surface area contributed by atoms with E-state index in [1.54, 1.807) is 6.20 Å². The largest absolute Gasteiger partial charge is 0.392 e. The van der Waals surface area contributed by atoms with E-state index in [4.69, 9.17) is 4.98 Å². The number of aliphatic hydroxyl groups is 1. The van der Waals surface area contributed by atoms with Crippen LogP contribution in [0.4, 0.5) is 5.82 Å². The molecule has 0 saturated carbocycles. The third-order valence-corrected chi connectivity index (χ3v) is 4.61. The number of rotatable bonds is 5. The summed E-state index contributed by atoms with van der Waals surface area (Å²) < 4.78 is 0. The SMILES string of the molecule is CCc1cc(N2CCN(CC(C)O)C(C)C2)nc(-c2ccccn2)n1. The minimum absolute atomic E-state index is 0.296. The van der Waals surface area contributed by atoms with Gasteiger partial charge in [-0.15, -0.1) is 0 Å². The molecule has 0 radical (unpaired) electrons. The van der Waals surface area contributed by atoms with E-state index >= 15 is 0 Å². The molecule has 6 nitrogen and oxygen atoms in total. The summed E-state index contributed by atoms with van der Waals surface area (Å²) >= 11 is 0. The quantitative estimate of drug-likeness (QED) is 0.897. The second-order valence-corrected chi connectivity index (χ2v) is 6.75. The standard InChI is InChI=1S/C19H27N5O/c1-4-16-11-18(22-19(21-16)17-7-5-6-8-20-17)24-10-9-23(13-15(3)25)14(2)12-24/h5-8,11,14-15,25H,4,9-10,12-13H2,1-3H3. The summed E-state index contributed by atoms with van der Waals surface area (Å²) in [4.78, 5) is 18.5. The Labute approximate surface area is 149 Å². The van der Waals surface area contributed by atoms with Gasteiger partial charge >= 0.3 is 0 Å². The van der Waals surface area contributed by atoms with Crippen LogP contribution in [0.25, 0.3) is 11.5 Å². The second kappa shape index (κ2) is 7.89. The van der Waals surface area contributed by atoms with Crippen molar-refractivity contribution in [3.05, 3.63) is 36.2 Å². The molecule has 1 aliphatic heterocycles. The maximum Gasteiger partial charge on any atom is 0.180 e. The van der Waals surface area contributed by atoms with E-state index in [2.05, 4.69) is 39.7 Å². The van der Waals surface area contributed by atoms with Crippen LogP contribution in [-0.2, 0) is 6.42 Å². The van der Waals surface area contributed by atoms with Crippen LogP contribution in [0.5, 0.6) is 0 Å². The summed E-state index contributed by atoms with van der Waals surface area (Å²) in [7, 11) is 0. The van der Waals surface area contributed by atoms with Gasteiger partial charge < -0.3 is 10.0 Å². The molecule has 134 valence electrons. The van der Waals surface area contributed by atoms with Gasteiger partial charge in [-0.1, -0.05) is 13.0 Å². The fourth-order valence-corrected chi connectivity index (χ4v) is 3.25. The third-order valence-electron chi connectivity index (χ3n) is 4.61. The van der Waals surface area contributed by atoms with Gasteiger partial charge in [0.1, 0.15) is 11.5 Å². The Morgan fingerprint density at radius 2 is 2.12 bits per heavy atom. The summed E-state index contributed by atoms with van der Waals surface area (Å²) in [5.41, 5.74) is 1.84. The highest BCUT2D eigenvalue weighted by Crippen LogP contribution is 2.22. The molecule has 3 rings (SSSR count). The van der Waals surface area contributed by atoms with Crippen LogP contribution in [0.15, 0.2) is 30.5 Å². The van der Waals surface area contributed by atoms with Crippen LogP contribution in [0, 0.1) is 0 Å². The van der Waals surface area contributed by atoms with Gasteiger partial charge in [0.15, 0.2) is 5.82 Å². The molecule has 1 aliphatic rings. The van der Waals surface area contributed by atoms with Gasteiger partial charge in [-0.05, 0) is 32.4 Å². The van der Waals surface area contributed by atoms with Crippen molar-refractivity contribution in [2.75, 3.05) is 31.1 Å². The highest BCUT2D eigenvalue weighted by molar-refractivity contribution is 5.54. The zero-order valence-corrected chi connectivity index (χ0v) is 15.3. The van der Waals surface area contributed by atoms with Gasteiger partial charge in [-0.3, -0.25) is 9.88 Å². The lowest BCUT2D eigenvalue weighted by Crippen LogP contribution is -2.53. The molecule has 1 fully saturated rings. The van der Waals surface area contributed by atoms with Crippen LogP contribution in [-0.4, -0.2) is 63.3 Å². The molecule has 6 heteroatoms. The van der Waals surface area contributed by atoms with Gasteiger partial charge in [0.05, 0.1) is 6.10 Å². The first kappa shape index (κ1) is 17.8. The first-order valence-electron chi connectivity index (χ1n) is 9.03. The summed E-state index contributed by atoms with van der Waals surface area (Å²) in [5, 5.41) is 9.65. The van der Waals surface area contributed by atoms with E-state index in [1.165, 1.54) is 0 Å². The molecule has 1 saturated heterocycles. The van der Waals surface area contributed by atoms with Crippen molar-refractivity contribution in [2.45, 2.75) is 39.3 Å². The number of nitrogens with zero attached hydrogens (tertiary/aromatic N) is 5. The highest BCUT2D eigenvalue weighted by atomic mass is 16.3. The predicted molar refractivity (Wildman–Crippen MR) is 99.6 cm³/mol. The Hall–Kier alpha value is -2.05. The average Bonchev–Trinajstić information content (AvgIpc) is 2.63. The molecular formula is C19H27N5O. The molecule has 1 N–H and O–H groups in total. The predicted octanol–water partition coefficient (Wildman–Crippen LogP) is 1.99. The monoisotopic (exact) mass is 341 g/mol. The van der Waals surface area contributed by atoms with Crippen molar-refractivity contribution >= 4 is 5.82 Å². The van der Waals surface area contributed by atoms with Crippen LogP contribution in [0.2, 0.25) is 0 Å². The molecule has 0 amide bonds. The van der Waals surface area contributed by atoms with Crippen LogP contribution in [0.1, 0.15) is 26.5 Å². The minimum atomic E-state index is -0.296. The number of anilines is 1. The third kappa shape index (κ3) is 4.32. The van der Waals surface area contributed by atoms with Crippen LogP contribution >= 0.6 is 0 Å². The Kier molecular flexibility index (Phi) is 5.60. The van der Waals surface area contributed by atoms with Crippen molar-refractivity contribution in [3.63, 3.8) is 0 Å². The molecule has 2 aromatic heterocycles. The number of hydrogen-bond donors (Lipinski definition) is 1. The topological polar surface area (TPSA) is 65.4 Å². The molecule has 0 bridgehead atoms. The molecule has 0 aromatic carbocycles. The number of β-amino-alcohol motifs (C(OH)–C–C–N with tert-alkyl or cyclic N) is 1. The van der Waals surface area contributed by atoms with Gasteiger partial charge in [0.2, 0.25) is 0 Å². The van der Waals surface area contributed by atoms with Crippen molar-refractivity contribution in [2.24, 2.45) is 0 Å². The molecule has 0 aliphatic carbocycles. The molecule has 25 heavy (non-hydrogen) atoms. The van der Waals surface area contributed by atoms with Crippen molar-refractivity contribution in [3.8, 4) is 11.5 Å². The highest BCUT2D eigenvalue weighted by Gasteiger charge is 2.25.